The third-order valence-corrected chi connectivity index (χ3v) is 3.49. The zero-order chi connectivity index (χ0) is 13.2. The minimum atomic E-state index is 0.662. The standard InChI is InChI=1S/C16H15NO2/c1-19-16-5-2-11(10-18)8-14(16)12-3-4-15-13(9-12)6-7-17-15/h2-5,8-10,17H,6-7H2,1H3. The van der Waals surface area contributed by atoms with Crippen LogP contribution in [-0.4, -0.2) is 19.9 Å². The van der Waals surface area contributed by atoms with Crippen molar-refractivity contribution in [2.24, 2.45) is 0 Å². The van der Waals surface area contributed by atoms with Gasteiger partial charge in [0.25, 0.3) is 0 Å². The highest BCUT2D eigenvalue weighted by atomic mass is 16.5. The summed E-state index contributed by atoms with van der Waals surface area (Å²) in [6, 6.07) is 11.8. The summed E-state index contributed by atoms with van der Waals surface area (Å²) in [6.07, 6.45) is 1.90. The quantitative estimate of drug-likeness (QED) is 0.854. The van der Waals surface area contributed by atoms with Gasteiger partial charge in [0.05, 0.1) is 7.11 Å². The monoisotopic (exact) mass is 253 g/mol. The molecule has 0 bridgehead atoms. The fourth-order valence-electron chi connectivity index (χ4n) is 2.50. The number of aldehydes is 1. The molecule has 2 aromatic carbocycles. The second-order valence-electron chi connectivity index (χ2n) is 4.63. The Hall–Kier alpha value is -2.29. The molecular weight excluding hydrogens is 238 g/mol. The predicted molar refractivity (Wildman–Crippen MR) is 76.0 cm³/mol. The van der Waals surface area contributed by atoms with E-state index in [9.17, 15) is 4.79 Å². The smallest absolute Gasteiger partial charge is 0.150 e. The van der Waals surface area contributed by atoms with Crippen molar-refractivity contribution >= 4 is 12.0 Å². The lowest BCUT2D eigenvalue weighted by Gasteiger charge is -2.10. The Morgan fingerprint density at radius 1 is 1.21 bits per heavy atom. The molecule has 19 heavy (non-hydrogen) atoms. The SMILES string of the molecule is COc1ccc(C=O)cc1-c1ccc2c(c1)CCN2. The zero-order valence-corrected chi connectivity index (χ0v) is 10.8. The van der Waals surface area contributed by atoms with Gasteiger partial charge in [-0.05, 0) is 47.9 Å². The molecule has 3 nitrogen and oxygen atoms in total. The van der Waals surface area contributed by atoms with Crippen LogP contribution in [0.2, 0.25) is 0 Å². The fourth-order valence-corrected chi connectivity index (χ4v) is 2.50. The Bertz CT molecular complexity index is 635. The number of hydrogen-bond donors (Lipinski definition) is 1. The van der Waals surface area contributed by atoms with Crippen LogP contribution in [0.25, 0.3) is 11.1 Å². The van der Waals surface area contributed by atoms with Crippen molar-refractivity contribution in [2.75, 3.05) is 19.0 Å². The number of methoxy groups -OCH3 is 1. The summed E-state index contributed by atoms with van der Waals surface area (Å²) < 4.78 is 5.39. The Balaban J connectivity index is 2.12. The zero-order valence-electron chi connectivity index (χ0n) is 10.8. The normalized spacial score (nSPS) is 12.7. The molecule has 96 valence electrons. The van der Waals surface area contributed by atoms with E-state index >= 15 is 0 Å². The Morgan fingerprint density at radius 3 is 2.89 bits per heavy atom. The van der Waals surface area contributed by atoms with Crippen LogP contribution in [0.1, 0.15) is 15.9 Å². The van der Waals surface area contributed by atoms with Gasteiger partial charge >= 0.3 is 0 Å². The summed E-state index contributed by atoms with van der Waals surface area (Å²) in [5.74, 6) is 0.788. The summed E-state index contributed by atoms with van der Waals surface area (Å²) in [6.45, 7) is 0.990. The molecule has 0 fully saturated rings. The number of carbonyl (C=O) groups is 1. The second kappa shape index (κ2) is 4.76. The van der Waals surface area contributed by atoms with Crippen molar-refractivity contribution in [3.8, 4) is 16.9 Å². The lowest BCUT2D eigenvalue weighted by molar-refractivity contribution is 0.112. The van der Waals surface area contributed by atoms with Crippen molar-refractivity contribution in [1.29, 1.82) is 0 Å². The third kappa shape index (κ3) is 2.08. The number of benzene rings is 2. The average molecular weight is 253 g/mol. The third-order valence-electron chi connectivity index (χ3n) is 3.49. The van der Waals surface area contributed by atoms with Gasteiger partial charge in [0, 0.05) is 23.4 Å². The van der Waals surface area contributed by atoms with Gasteiger partial charge in [0.1, 0.15) is 12.0 Å². The molecule has 1 aliphatic heterocycles. The highest BCUT2D eigenvalue weighted by Crippen LogP contribution is 2.34. The maximum absolute atomic E-state index is 10.9. The molecule has 0 spiro atoms. The molecular formula is C16H15NO2. The Morgan fingerprint density at radius 2 is 2.11 bits per heavy atom. The van der Waals surface area contributed by atoms with Crippen molar-refractivity contribution in [3.05, 3.63) is 47.5 Å². The molecule has 2 aromatic rings. The number of ether oxygens (including phenoxy) is 1. The molecule has 0 saturated heterocycles. The van der Waals surface area contributed by atoms with Gasteiger partial charge in [-0.1, -0.05) is 6.07 Å². The predicted octanol–water partition coefficient (Wildman–Crippen LogP) is 3.14. The molecule has 0 aliphatic carbocycles. The lowest BCUT2D eigenvalue weighted by Crippen LogP contribution is -1.91. The van der Waals surface area contributed by atoms with E-state index in [4.69, 9.17) is 4.74 Å². The minimum Gasteiger partial charge on any atom is -0.496 e. The summed E-state index contributed by atoms with van der Waals surface area (Å²) in [4.78, 5) is 10.9. The largest absolute Gasteiger partial charge is 0.496 e. The maximum Gasteiger partial charge on any atom is 0.150 e. The van der Waals surface area contributed by atoms with Gasteiger partial charge < -0.3 is 10.1 Å². The molecule has 3 rings (SSSR count). The second-order valence-corrected chi connectivity index (χ2v) is 4.63. The summed E-state index contributed by atoms with van der Waals surface area (Å²) >= 11 is 0. The highest BCUT2D eigenvalue weighted by Gasteiger charge is 2.13. The van der Waals surface area contributed by atoms with Crippen molar-refractivity contribution in [2.45, 2.75) is 6.42 Å². The van der Waals surface area contributed by atoms with E-state index in [1.165, 1.54) is 11.3 Å². The fraction of sp³-hybridized carbons (Fsp3) is 0.188. The van der Waals surface area contributed by atoms with E-state index in [0.717, 1.165) is 36.1 Å². The van der Waals surface area contributed by atoms with E-state index in [1.54, 1.807) is 13.2 Å². The van der Waals surface area contributed by atoms with Gasteiger partial charge in [-0.3, -0.25) is 4.79 Å². The van der Waals surface area contributed by atoms with Crippen molar-refractivity contribution in [3.63, 3.8) is 0 Å². The lowest BCUT2D eigenvalue weighted by atomic mass is 9.99. The number of anilines is 1. The number of rotatable bonds is 3. The summed E-state index contributed by atoms with van der Waals surface area (Å²) in [7, 11) is 1.65. The summed E-state index contributed by atoms with van der Waals surface area (Å²) in [5.41, 5.74) is 5.23. The average Bonchev–Trinajstić information content (AvgIpc) is 2.93. The molecule has 0 aromatic heterocycles. The van der Waals surface area contributed by atoms with E-state index < -0.39 is 0 Å². The van der Waals surface area contributed by atoms with Crippen molar-refractivity contribution in [1.82, 2.24) is 0 Å². The van der Waals surface area contributed by atoms with Crippen LogP contribution >= 0.6 is 0 Å². The Kier molecular flexibility index (Phi) is 2.95. The van der Waals surface area contributed by atoms with E-state index in [0.29, 0.717) is 5.56 Å². The van der Waals surface area contributed by atoms with Crippen LogP contribution in [0.4, 0.5) is 5.69 Å². The van der Waals surface area contributed by atoms with Gasteiger partial charge in [0.2, 0.25) is 0 Å². The molecule has 0 amide bonds. The van der Waals surface area contributed by atoms with E-state index in [2.05, 4.69) is 23.5 Å². The van der Waals surface area contributed by atoms with Crippen molar-refractivity contribution < 1.29 is 9.53 Å². The Labute approximate surface area is 112 Å². The minimum absolute atomic E-state index is 0.662. The van der Waals surface area contributed by atoms with E-state index in [1.807, 2.05) is 12.1 Å². The number of hydrogen-bond acceptors (Lipinski definition) is 3. The molecule has 0 unspecified atom stereocenters. The van der Waals surface area contributed by atoms with Gasteiger partial charge in [-0.15, -0.1) is 0 Å². The molecule has 1 aliphatic rings. The summed E-state index contributed by atoms with van der Waals surface area (Å²) in [5, 5.41) is 3.34. The number of nitrogens with one attached hydrogen (secondary N) is 1. The first-order valence-corrected chi connectivity index (χ1v) is 6.32. The first-order valence-electron chi connectivity index (χ1n) is 6.32. The van der Waals surface area contributed by atoms with Gasteiger partial charge in [0.15, 0.2) is 0 Å². The first-order chi connectivity index (χ1) is 9.31. The van der Waals surface area contributed by atoms with Crippen LogP contribution in [-0.2, 0) is 6.42 Å². The van der Waals surface area contributed by atoms with Crippen LogP contribution in [0.3, 0.4) is 0 Å². The molecule has 0 atom stereocenters. The molecule has 3 heteroatoms. The number of carbonyl (C=O) groups excluding carboxylic acids is 1. The molecule has 1 N–H and O–H groups in total. The first kappa shape index (κ1) is 11.8. The van der Waals surface area contributed by atoms with Crippen LogP contribution < -0.4 is 10.1 Å². The molecule has 1 heterocycles. The highest BCUT2D eigenvalue weighted by molar-refractivity contribution is 5.82. The van der Waals surface area contributed by atoms with Gasteiger partial charge in [-0.25, -0.2) is 0 Å². The van der Waals surface area contributed by atoms with Gasteiger partial charge in [-0.2, -0.15) is 0 Å². The van der Waals surface area contributed by atoms with Crippen LogP contribution in [0.5, 0.6) is 5.75 Å². The molecule has 0 saturated carbocycles. The van der Waals surface area contributed by atoms with E-state index in [-0.39, 0.29) is 0 Å². The van der Waals surface area contributed by atoms with Crippen LogP contribution in [0, 0.1) is 0 Å². The molecule has 0 radical (unpaired) electrons. The number of fused-ring (bicyclic) bond motifs is 1. The van der Waals surface area contributed by atoms with Crippen LogP contribution in [0.15, 0.2) is 36.4 Å². The topological polar surface area (TPSA) is 38.3 Å². The maximum atomic E-state index is 10.9.